The fourth-order valence-corrected chi connectivity index (χ4v) is 1.40. The van der Waals surface area contributed by atoms with Gasteiger partial charge in [-0.25, -0.2) is 0 Å². The normalized spacial score (nSPS) is 19.5. The van der Waals surface area contributed by atoms with Crippen molar-refractivity contribution in [2.45, 2.75) is 32.3 Å². The third kappa shape index (κ3) is 2.89. The summed E-state index contributed by atoms with van der Waals surface area (Å²) in [6.45, 7) is 2.10. The second-order valence-corrected chi connectivity index (χ2v) is 3.11. The Hall–Kier alpha value is -0.560. The maximum absolute atomic E-state index is 9.44. The highest BCUT2D eigenvalue weighted by Crippen LogP contribution is 2.17. The molecule has 0 saturated heterocycles. The lowest BCUT2D eigenvalue weighted by atomic mass is 10.0. The SMILES string of the molecule is CCCC(O)CC1C=CC=C1. The fourth-order valence-electron chi connectivity index (χ4n) is 1.40. The third-order valence-electron chi connectivity index (χ3n) is 1.99. The first-order valence-corrected chi connectivity index (χ1v) is 4.36. The summed E-state index contributed by atoms with van der Waals surface area (Å²) in [7, 11) is 0. The van der Waals surface area contributed by atoms with E-state index in [4.69, 9.17) is 0 Å². The zero-order valence-corrected chi connectivity index (χ0v) is 7.03. The van der Waals surface area contributed by atoms with Gasteiger partial charge in [0, 0.05) is 0 Å². The van der Waals surface area contributed by atoms with Crippen molar-refractivity contribution >= 4 is 0 Å². The molecule has 11 heavy (non-hydrogen) atoms. The first-order chi connectivity index (χ1) is 5.33. The monoisotopic (exact) mass is 152 g/mol. The quantitative estimate of drug-likeness (QED) is 0.655. The third-order valence-corrected chi connectivity index (χ3v) is 1.99. The lowest BCUT2D eigenvalue weighted by molar-refractivity contribution is 0.146. The van der Waals surface area contributed by atoms with Crippen LogP contribution in [0.25, 0.3) is 0 Å². The van der Waals surface area contributed by atoms with Gasteiger partial charge >= 0.3 is 0 Å². The number of hydrogen-bond donors (Lipinski definition) is 1. The predicted octanol–water partition coefficient (Wildman–Crippen LogP) is 2.28. The van der Waals surface area contributed by atoms with Crippen LogP contribution in [-0.2, 0) is 0 Å². The minimum absolute atomic E-state index is 0.114. The Morgan fingerprint density at radius 1 is 1.36 bits per heavy atom. The van der Waals surface area contributed by atoms with Crippen LogP contribution < -0.4 is 0 Å². The van der Waals surface area contributed by atoms with Crippen LogP contribution in [0.15, 0.2) is 24.3 Å². The summed E-state index contributed by atoms with van der Waals surface area (Å²) in [6.07, 6.45) is 11.1. The maximum Gasteiger partial charge on any atom is 0.0548 e. The second-order valence-electron chi connectivity index (χ2n) is 3.11. The minimum Gasteiger partial charge on any atom is -0.393 e. The number of allylic oxidation sites excluding steroid dienone is 4. The molecule has 0 bridgehead atoms. The van der Waals surface area contributed by atoms with E-state index >= 15 is 0 Å². The molecule has 1 nitrogen and oxygen atoms in total. The molecule has 1 aliphatic carbocycles. The molecule has 1 atom stereocenters. The molecule has 0 radical (unpaired) electrons. The van der Waals surface area contributed by atoms with Gasteiger partial charge in [0.25, 0.3) is 0 Å². The zero-order valence-electron chi connectivity index (χ0n) is 7.03. The number of hydrogen-bond acceptors (Lipinski definition) is 1. The average molecular weight is 152 g/mol. The molecule has 62 valence electrons. The van der Waals surface area contributed by atoms with Crippen molar-refractivity contribution in [1.29, 1.82) is 0 Å². The topological polar surface area (TPSA) is 20.2 Å². The second kappa shape index (κ2) is 4.35. The Morgan fingerprint density at radius 3 is 2.55 bits per heavy atom. The highest BCUT2D eigenvalue weighted by atomic mass is 16.3. The molecule has 1 unspecified atom stereocenters. The first-order valence-electron chi connectivity index (χ1n) is 4.36. The molecule has 0 heterocycles. The van der Waals surface area contributed by atoms with Gasteiger partial charge in [0.2, 0.25) is 0 Å². The molecule has 1 heteroatoms. The maximum atomic E-state index is 9.44. The van der Waals surface area contributed by atoms with Crippen LogP contribution in [0.4, 0.5) is 0 Å². The Bertz CT molecular complexity index is 146. The summed E-state index contributed by atoms with van der Waals surface area (Å²) in [6, 6.07) is 0. The van der Waals surface area contributed by atoms with Gasteiger partial charge in [0.05, 0.1) is 6.10 Å². The zero-order chi connectivity index (χ0) is 8.10. The molecule has 0 fully saturated rings. The largest absolute Gasteiger partial charge is 0.393 e. The molecular weight excluding hydrogens is 136 g/mol. The van der Waals surface area contributed by atoms with E-state index in [2.05, 4.69) is 19.1 Å². The van der Waals surface area contributed by atoms with Gasteiger partial charge in [-0.05, 0) is 18.8 Å². The summed E-state index contributed by atoms with van der Waals surface area (Å²) in [5.74, 6) is 0.483. The summed E-state index contributed by atoms with van der Waals surface area (Å²) in [4.78, 5) is 0. The van der Waals surface area contributed by atoms with Crippen molar-refractivity contribution in [1.82, 2.24) is 0 Å². The minimum atomic E-state index is -0.114. The van der Waals surface area contributed by atoms with Crippen LogP contribution in [0.3, 0.4) is 0 Å². The fraction of sp³-hybridized carbons (Fsp3) is 0.600. The molecule has 0 amide bonds. The molecule has 1 N–H and O–H groups in total. The molecule has 0 aromatic carbocycles. The van der Waals surface area contributed by atoms with Gasteiger partial charge in [-0.15, -0.1) is 0 Å². The van der Waals surface area contributed by atoms with E-state index in [9.17, 15) is 5.11 Å². The van der Waals surface area contributed by atoms with Gasteiger partial charge in [-0.2, -0.15) is 0 Å². The molecular formula is C10H16O. The van der Waals surface area contributed by atoms with E-state index in [1.165, 1.54) is 0 Å². The summed E-state index contributed by atoms with van der Waals surface area (Å²) < 4.78 is 0. The highest BCUT2D eigenvalue weighted by Gasteiger charge is 2.09. The summed E-state index contributed by atoms with van der Waals surface area (Å²) in [5.41, 5.74) is 0. The Kier molecular flexibility index (Phi) is 3.37. The van der Waals surface area contributed by atoms with Crippen molar-refractivity contribution in [3.63, 3.8) is 0 Å². The first kappa shape index (κ1) is 8.54. The van der Waals surface area contributed by atoms with Crippen LogP contribution in [-0.4, -0.2) is 11.2 Å². The van der Waals surface area contributed by atoms with Crippen LogP contribution in [0.5, 0.6) is 0 Å². The van der Waals surface area contributed by atoms with Gasteiger partial charge in [0.15, 0.2) is 0 Å². The summed E-state index contributed by atoms with van der Waals surface area (Å²) in [5, 5.41) is 9.44. The molecule has 0 spiro atoms. The van der Waals surface area contributed by atoms with Crippen molar-refractivity contribution in [2.75, 3.05) is 0 Å². The smallest absolute Gasteiger partial charge is 0.0548 e. The molecule has 0 aliphatic heterocycles. The van der Waals surface area contributed by atoms with E-state index in [-0.39, 0.29) is 6.10 Å². The average Bonchev–Trinajstić information content (AvgIpc) is 2.40. The number of aliphatic hydroxyl groups excluding tert-OH is 1. The lowest BCUT2D eigenvalue weighted by Gasteiger charge is -2.11. The Morgan fingerprint density at radius 2 is 2.00 bits per heavy atom. The van der Waals surface area contributed by atoms with E-state index < -0.39 is 0 Å². The van der Waals surface area contributed by atoms with Gasteiger partial charge in [0.1, 0.15) is 0 Å². The molecule has 0 aromatic rings. The standard InChI is InChI=1S/C10H16O/c1-2-5-10(11)8-9-6-3-4-7-9/h3-4,6-7,9-11H,2,5,8H2,1H3. The lowest BCUT2D eigenvalue weighted by Crippen LogP contribution is -2.09. The van der Waals surface area contributed by atoms with E-state index in [0.29, 0.717) is 5.92 Å². The van der Waals surface area contributed by atoms with Gasteiger partial charge in [-0.3, -0.25) is 0 Å². The van der Waals surface area contributed by atoms with Crippen molar-refractivity contribution in [2.24, 2.45) is 5.92 Å². The predicted molar refractivity (Wildman–Crippen MR) is 47.3 cm³/mol. The molecule has 0 aromatic heterocycles. The van der Waals surface area contributed by atoms with Crippen molar-refractivity contribution in [3.8, 4) is 0 Å². The van der Waals surface area contributed by atoms with Crippen LogP contribution >= 0.6 is 0 Å². The number of rotatable bonds is 4. The van der Waals surface area contributed by atoms with Gasteiger partial charge < -0.3 is 5.11 Å². The van der Waals surface area contributed by atoms with Crippen LogP contribution in [0, 0.1) is 5.92 Å². The van der Waals surface area contributed by atoms with Gasteiger partial charge in [-0.1, -0.05) is 37.6 Å². The van der Waals surface area contributed by atoms with Crippen LogP contribution in [0.2, 0.25) is 0 Å². The molecule has 0 saturated carbocycles. The van der Waals surface area contributed by atoms with Crippen molar-refractivity contribution in [3.05, 3.63) is 24.3 Å². The Balaban J connectivity index is 2.19. The summed E-state index contributed by atoms with van der Waals surface area (Å²) >= 11 is 0. The van der Waals surface area contributed by atoms with E-state index in [1.54, 1.807) is 0 Å². The van der Waals surface area contributed by atoms with Crippen molar-refractivity contribution < 1.29 is 5.11 Å². The van der Waals surface area contributed by atoms with Crippen LogP contribution in [0.1, 0.15) is 26.2 Å². The van der Waals surface area contributed by atoms with E-state index in [1.807, 2.05) is 12.2 Å². The van der Waals surface area contributed by atoms with E-state index in [0.717, 1.165) is 19.3 Å². The highest BCUT2D eigenvalue weighted by molar-refractivity contribution is 5.17. The number of aliphatic hydroxyl groups is 1. The molecule has 1 aliphatic rings. The Labute approximate surface area is 68.4 Å². The molecule has 1 rings (SSSR count).